The number of carbonyl (C=O) groups excluding carboxylic acids is 1. The number of benzene rings is 3. The van der Waals surface area contributed by atoms with Crippen LogP contribution in [0.2, 0.25) is 0 Å². The van der Waals surface area contributed by atoms with Crippen LogP contribution < -0.4 is 0 Å². The van der Waals surface area contributed by atoms with Gasteiger partial charge in [0, 0.05) is 11.1 Å². The monoisotopic (exact) mass is 436 g/mol. The van der Waals surface area contributed by atoms with Gasteiger partial charge in [0.05, 0.1) is 0 Å². The Bertz CT molecular complexity index is 867. The van der Waals surface area contributed by atoms with Crippen molar-refractivity contribution in [1.29, 1.82) is 0 Å². The molecule has 2 unspecified atom stereocenters. The Morgan fingerprint density at radius 2 is 1.25 bits per heavy atom. The second-order valence-corrected chi connectivity index (χ2v) is 7.15. The maximum Gasteiger partial charge on any atom is 0.193 e. The highest BCUT2D eigenvalue weighted by atomic mass is 79.9. The molecule has 0 N–H and O–H groups in total. The number of hydrogen-bond acceptors (Lipinski definition) is 1. The van der Waals surface area contributed by atoms with Crippen molar-refractivity contribution in [3.63, 3.8) is 0 Å². The number of halogens is 1. The lowest BCUT2D eigenvalue weighted by Crippen LogP contribution is -2.00. The van der Waals surface area contributed by atoms with Crippen LogP contribution in [-0.4, -0.2) is 5.78 Å². The van der Waals surface area contributed by atoms with Gasteiger partial charge in [0.1, 0.15) is 0 Å². The average Bonchev–Trinajstić information content (AvgIpc) is 3.44. The van der Waals surface area contributed by atoms with Gasteiger partial charge in [0.15, 0.2) is 5.78 Å². The van der Waals surface area contributed by atoms with E-state index in [0.717, 1.165) is 28.5 Å². The lowest BCUT2D eigenvalue weighted by atomic mass is 9.98. The third kappa shape index (κ3) is 5.42. The summed E-state index contributed by atoms with van der Waals surface area (Å²) < 4.78 is 0. The van der Waals surface area contributed by atoms with Gasteiger partial charge in [-0.2, -0.15) is 0 Å². The van der Waals surface area contributed by atoms with E-state index in [1.54, 1.807) is 0 Å². The SMILES string of the molecule is Br.CC.CC1CC1Cc1ccc(-c2ccc(C(=O)c3ccccc3)cc2)cc1. The minimum absolute atomic E-state index is 0. The summed E-state index contributed by atoms with van der Waals surface area (Å²) in [4.78, 5) is 12.5. The maximum atomic E-state index is 12.5. The fraction of sp³-hybridized carbons (Fsp3) is 0.269. The van der Waals surface area contributed by atoms with Crippen molar-refractivity contribution in [2.75, 3.05) is 0 Å². The topological polar surface area (TPSA) is 17.1 Å². The summed E-state index contributed by atoms with van der Waals surface area (Å²) in [6, 6.07) is 26.2. The van der Waals surface area contributed by atoms with Gasteiger partial charge in [-0.15, -0.1) is 17.0 Å². The predicted octanol–water partition coefficient (Wildman–Crippen LogP) is 7.39. The van der Waals surface area contributed by atoms with Crippen molar-refractivity contribution in [1.82, 2.24) is 0 Å². The number of hydrogen-bond donors (Lipinski definition) is 0. The zero-order valence-corrected chi connectivity index (χ0v) is 18.6. The summed E-state index contributed by atoms with van der Waals surface area (Å²) >= 11 is 0. The van der Waals surface area contributed by atoms with Crippen LogP contribution in [-0.2, 0) is 6.42 Å². The molecule has 2 heteroatoms. The summed E-state index contributed by atoms with van der Waals surface area (Å²) in [6.07, 6.45) is 2.57. The zero-order chi connectivity index (χ0) is 19.2. The van der Waals surface area contributed by atoms with Crippen molar-refractivity contribution in [3.05, 3.63) is 95.6 Å². The largest absolute Gasteiger partial charge is 0.289 e. The molecule has 0 amide bonds. The number of carbonyl (C=O) groups is 1. The van der Waals surface area contributed by atoms with Crippen molar-refractivity contribution >= 4 is 22.8 Å². The van der Waals surface area contributed by atoms with Crippen molar-refractivity contribution in [3.8, 4) is 11.1 Å². The molecule has 28 heavy (non-hydrogen) atoms. The van der Waals surface area contributed by atoms with E-state index in [2.05, 4.69) is 31.2 Å². The van der Waals surface area contributed by atoms with Gasteiger partial charge < -0.3 is 0 Å². The van der Waals surface area contributed by atoms with Gasteiger partial charge >= 0.3 is 0 Å². The first kappa shape index (κ1) is 22.1. The Hall–Kier alpha value is -2.19. The molecule has 0 heterocycles. The molecule has 4 rings (SSSR count). The van der Waals surface area contributed by atoms with Crippen LogP contribution in [0.5, 0.6) is 0 Å². The molecule has 0 aliphatic heterocycles. The first-order valence-electron chi connectivity index (χ1n) is 10.00. The molecule has 0 saturated heterocycles. The quantitative estimate of drug-likeness (QED) is 0.381. The van der Waals surface area contributed by atoms with Crippen LogP contribution in [0, 0.1) is 11.8 Å². The van der Waals surface area contributed by atoms with Gasteiger partial charge in [0.25, 0.3) is 0 Å². The molecule has 1 aliphatic rings. The van der Waals surface area contributed by atoms with Crippen LogP contribution in [0.1, 0.15) is 48.7 Å². The standard InChI is InChI=1S/C24H22O.C2H6.BrH/c1-17-15-23(17)16-18-7-9-19(10-8-18)20-11-13-22(14-12-20)24(25)21-5-3-2-4-6-21;1-2;/h2-14,17,23H,15-16H2,1H3;1-2H3;1H. The summed E-state index contributed by atoms with van der Waals surface area (Å²) in [7, 11) is 0. The average molecular weight is 437 g/mol. The van der Waals surface area contributed by atoms with Crippen LogP contribution in [0.25, 0.3) is 11.1 Å². The minimum Gasteiger partial charge on any atom is -0.289 e. The van der Waals surface area contributed by atoms with E-state index in [0.29, 0.717) is 0 Å². The first-order chi connectivity index (χ1) is 13.2. The van der Waals surface area contributed by atoms with E-state index < -0.39 is 0 Å². The summed E-state index contributed by atoms with van der Waals surface area (Å²) in [5, 5.41) is 0. The third-order valence-electron chi connectivity index (χ3n) is 5.24. The molecular weight excluding hydrogens is 408 g/mol. The Morgan fingerprint density at radius 3 is 1.75 bits per heavy atom. The van der Waals surface area contributed by atoms with E-state index in [1.165, 1.54) is 24.0 Å². The Morgan fingerprint density at radius 1 is 0.786 bits per heavy atom. The van der Waals surface area contributed by atoms with Crippen LogP contribution in [0.3, 0.4) is 0 Å². The lowest BCUT2D eigenvalue weighted by molar-refractivity contribution is 0.103. The molecule has 3 aromatic carbocycles. The molecule has 1 nitrogen and oxygen atoms in total. The van der Waals surface area contributed by atoms with Gasteiger partial charge in [-0.25, -0.2) is 0 Å². The first-order valence-corrected chi connectivity index (χ1v) is 10.00. The fourth-order valence-electron chi connectivity index (χ4n) is 3.39. The number of rotatable bonds is 5. The molecule has 0 radical (unpaired) electrons. The van der Waals surface area contributed by atoms with E-state index in [1.807, 2.05) is 68.4 Å². The highest BCUT2D eigenvalue weighted by Crippen LogP contribution is 2.40. The predicted molar refractivity (Wildman–Crippen MR) is 124 cm³/mol. The normalized spacial score (nSPS) is 17.0. The highest BCUT2D eigenvalue weighted by molar-refractivity contribution is 8.93. The molecule has 2 atom stereocenters. The second-order valence-electron chi connectivity index (χ2n) is 7.15. The van der Waals surface area contributed by atoms with Gasteiger partial charge in [-0.05, 0) is 41.4 Å². The fourth-order valence-corrected chi connectivity index (χ4v) is 3.39. The van der Waals surface area contributed by atoms with Gasteiger partial charge in [-0.1, -0.05) is 99.6 Å². The molecule has 1 aliphatic carbocycles. The molecule has 0 spiro atoms. The molecule has 146 valence electrons. The Labute approximate surface area is 179 Å². The van der Waals surface area contributed by atoms with E-state index >= 15 is 0 Å². The van der Waals surface area contributed by atoms with E-state index in [9.17, 15) is 4.79 Å². The van der Waals surface area contributed by atoms with Crippen LogP contribution in [0.15, 0.2) is 78.9 Å². The van der Waals surface area contributed by atoms with Crippen LogP contribution >= 0.6 is 17.0 Å². The molecular formula is C26H29BrO. The van der Waals surface area contributed by atoms with Crippen LogP contribution in [0.4, 0.5) is 0 Å². The summed E-state index contributed by atoms with van der Waals surface area (Å²) in [6.45, 7) is 6.33. The maximum absolute atomic E-state index is 12.5. The second kappa shape index (κ2) is 10.4. The Balaban J connectivity index is 0.000000906. The van der Waals surface area contributed by atoms with Gasteiger partial charge in [-0.3, -0.25) is 4.79 Å². The van der Waals surface area contributed by atoms with Crippen molar-refractivity contribution in [2.24, 2.45) is 11.8 Å². The smallest absolute Gasteiger partial charge is 0.193 e. The lowest BCUT2D eigenvalue weighted by Gasteiger charge is -2.06. The van der Waals surface area contributed by atoms with Crippen molar-refractivity contribution in [2.45, 2.75) is 33.6 Å². The van der Waals surface area contributed by atoms with Gasteiger partial charge in [0.2, 0.25) is 0 Å². The summed E-state index contributed by atoms with van der Waals surface area (Å²) in [5.41, 5.74) is 5.24. The Kier molecular flexibility index (Phi) is 8.19. The van der Waals surface area contributed by atoms with E-state index in [-0.39, 0.29) is 22.8 Å². The highest BCUT2D eigenvalue weighted by Gasteiger charge is 2.31. The van der Waals surface area contributed by atoms with E-state index in [4.69, 9.17) is 0 Å². The molecule has 1 saturated carbocycles. The molecule has 1 fully saturated rings. The number of ketones is 1. The minimum atomic E-state index is 0. The zero-order valence-electron chi connectivity index (χ0n) is 16.9. The molecule has 0 bridgehead atoms. The third-order valence-corrected chi connectivity index (χ3v) is 5.24. The van der Waals surface area contributed by atoms with Crippen molar-refractivity contribution < 1.29 is 4.79 Å². The summed E-state index contributed by atoms with van der Waals surface area (Å²) in [5.74, 6) is 1.85. The molecule has 3 aromatic rings. The molecule has 0 aromatic heterocycles.